The lowest BCUT2D eigenvalue weighted by Crippen LogP contribution is -2.31. The number of hydrogen-bond acceptors (Lipinski definition) is 6. The van der Waals surface area contributed by atoms with Crippen LogP contribution in [0.15, 0.2) is 22.8 Å². The number of fused-ring (bicyclic) bond motifs is 1. The number of esters is 3. The first kappa shape index (κ1) is 12.8. The zero-order valence-corrected chi connectivity index (χ0v) is 11.3. The molecule has 6 nitrogen and oxygen atoms in total. The van der Waals surface area contributed by atoms with E-state index in [1.54, 1.807) is 0 Å². The smallest absolute Gasteiger partial charge is 0.342 e. The maximum atomic E-state index is 12.4. The summed E-state index contributed by atoms with van der Waals surface area (Å²) in [7, 11) is 0. The summed E-state index contributed by atoms with van der Waals surface area (Å²) in [5.74, 6) is -1.97. The van der Waals surface area contributed by atoms with Gasteiger partial charge in [0.05, 0.1) is 16.6 Å². The van der Waals surface area contributed by atoms with E-state index in [0.29, 0.717) is 17.6 Å². The van der Waals surface area contributed by atoms with Crippen molar-refractivity contribution >= 4 is 17.9 Å². The highest BCUT2D eigenvalue weighted by Crippen LogP contribution is 2.56. The lowest BCUT2D eigenvalue weighted by Gasteiger charge is -2.28. The van der Waals surface area contributed by atoms with Crippen molar-refractivity contribution in [1.29, 1.82) is 0 Å². The van der Waals surface area contributed by atoms with Crippen molar-refractivity contribution in [3.63, 3.8) is 0 Å². The van der Waals surface area contributed by atoms with Crippen LogP contribution < -0.4 is 0 Å². The number of rotatable bonds is 2. The summed E-state index contributed by atoms with van der Waals surface area (Å²) in [6, 6.07) is 0. The predicted octanol–water partition coefficient (Wildman–Crippen LogP) is 0.401. The van der Waals surface area contributed by atoms with Crippen molar-refractivity contribution in [2.24, 2.45) is 11.3 Å². The zero-order chi connectivity index (χ0) is 14.8. The Morgan fingerprint density at radius 2 is 2.10 bits per heavy atom. The first-order chi connectivity index (χ1) is 10.1. The molecular formula is C15H14O6. The summed E-state index contributed by atoms with van der Waals surface area (Å²) in [5.41, 5.74) is 0.486. The first-order valence-electron chi connectivity index (χ1n) is 7.10. The second-order valence-corrected chi connectivity index (χ2v) is 5.97. The van der Waals surface area contributed by atoms with Gasteiger partial charge in [0.25, 0.3) is 0 Å². The van der Waals surface area contributed by atoms with E-state index in [2.05, 4.69) is 0 Å². The average molecular weight is 290 g/mol. The molecule has 2 aliphatic heterocycles. The molecule has 4 bridgehead atoms. The number of aliphatic hydroxyl groups is 1. The van der Waals surface area contributed by atoms with Crippen LogP contribution >= 0.6 is 0 Å². The van der Waals surface area contributed by atoms with Crippen LogP contribution in [0.3, 0.4) is 0 Å². The fourth-order valence-corrected chi connectivity index (χ4v) is 4.14. The van der Waals surface area contributed by atoms with Crippen molar-refractivity contribution in [3.05, 3.63) is 22.8 Å². The van der Waals surface area contributed by atoms with Gasteiger partial charge in [0.1, 0.15) is 6.10 Å². The number of hydrogen-bond donors (Lipinski definition) is 1. The topological polar surface area (TPSA) is 89.9 Å². The molecular weight excluding hydrogens is 276 g/mol. The van der Waals surface area contributed by atoms with E-state index >= 15 is 0 Å². The van der Waals surface area contributed by atoms with E-state index < -0.39 is 29.4 Å². The summed E-state index contributed by atoms with van der Waals surface area (Å²) < 4.78 is 10.2. The van der Waals surface area contributed by atoms with Gasteiger partial charge in [-0.15, -0.1) is 0 Å². The quantitative estimate of drug-likeness (QED) is 0.450. The molecule has 21 heavy (non-hydrogen) atoms. The van der Waals surface area contributed by atoms with Crippen molar-refractivity contribution in [3.8, 4) is 0 Å². The second kappa shape index (κ2) is 4.04. The molecule has 4 rings (SSSR count). The van der Waals surface area contributed by atoms with E-state index in [9.17, 15) is 19.5 Å². The Kier molecular flexibility index (Phi) is 2.45. The van der Waals surface area contributed by atoms with Crippen molar-refractivity contribution in [2.45, 2.75) is 31.8 Å². The predicted molar refractivity (Wildman–Crippen MR) is 67.6 cm³/mol. The third kappa shape index (κ3) is 1.43. The van der Waals surface area contributed by atoms with Crippen molar-refractivity contribution in [2.75, 3.05) is 6.61 Å². The van der Waals surface area contributed by atoms with Gasteiger partial charge in [-0.3, -0.25) is 4.79 Å². The Labute approximate surface area is 120 Å². The molecule has 2 aliphatic carbocycles. The first-order valence-corrected chi connectivity index (χ1v) is 7.10. The maximum Gasteiger partial charge on any atom is 0.342 e. The number of aliphatic hydroxyl groups excluding tert-OH is 1. The van der Waals surface area contributed by atoms with Gasteiger partial charge in [0.15, 0.2) is 0 Å². The lowest BCUT2D eigenvalue weighted by molar-refractivity contribution is -0.152. The minimum absolute atomic E-state index is 0.0884. The van der Waals surface area contributed by atoms with Crippen LogP contribution in [0.4, 0.5) is 0 Å². The number of ether oxygens (including phenoxy) is 2. The molecule has 0 amide bonds. The van der Waals surface area contributed by atoms with Gasteiger partial charge in [0.2, 0.25) is 0 Å². The molecule has 0 aromatic carbocycles. The van der Waals surface area contributed by atoms with E-state index in [1.807, 2.05) is 6.08 Å². The van der Waals surface area contributed by atoms with E-state index in [4.69, 9.17) is 9.47 Å². The maximum absolute atomic E-state index is 12.4. The number of carbonyl (C=O) groups is 3. The fraction of sp³-hybridized carbons (Fsp3) is 0.533. The summed E-state index contributed by atoms with van der Waals surface area (Å²) >= 11 is 0. The molecule has 1 fully saturated rings. The standard InChI is InChI=1S/C15H14O6/c16-5-4-15-6-8-10(13(18)21-12(8)17)7-2-1-3-9(15)11(7)20-14(15)19/h3,7,11,16H,1-2,4-6H2/t7-,11-,15+/m1/s1. The number of carbonyl (C=O) groups excluding carboxylic acids is 3. The molecule has 1 saturated heterocycles. The molecule has 0 aromatic heterocycles. The van der Waals surface area contributed by atoms with E-state index in [1.165, 1.54) is 0 Å². The Bertz CT molecular complexity index is 643. The summed E-state index contributed by atoms with van der Waals surface area (Å²) in [4.78, 5) is 36.3. The second-order valence-electron chi connectivity index (χ2n) is 5.97. The molecule has 110 valence electrons. The van der Waals surface area contributed by atoms with Crippen LogP contribution in [-0.4, -0.2) is 35.7 Å². The molecule has 3 atom stereocenters. The molecule has 0 aromatic rings. The van der Waals surface area contributed by atoms with Gasteiger partial charge >= 0.3 is 17.9 Å². The largest absolute Gasteiger partial charge is 0.456 e. The lowest BCUT2D eigenvalue weighted by atomic mass is 9.71. The van der Waals surface area contributed by atoms with Crippen LogP contribution in [0.1, 0.15) is 25.7 Å². The van der Waals surface area contributed by atoms with Gasteiger partial charge in [-0.25, -0.2) is 9.59 Å². The third-order valence-electron chi connectivity index (χ3n) is 5.06. The van der Waals surface area contributed by atoms with E-state index in [0.717, 1.165) is 12.0 Å². The van der Waals surface area contributed by atoms with Crippen LogP contribution in [0.25, 0.3) is 0 Å². The van der Waals surface area contributed by atoms with Crippen LogP contribution in [0.2, 0.25) is 0 Å². The molecule has 4 aliphatic rings. The minimum atomic E-state index is -1.02. The third-order valence-corrected chi connectivity index (χ3v) is 5.06. The minimum Gasteiger partial charge on any atom is -0.456 e. The van der Waals surface area contributed by atoms with Gasteiger partial charge < -0.3 is 14.6 Å². The Morgan fingerprint density at radius 1 is 1.29 bits per heavy atom. The van der Waals surface area contributed by atoms with Crippen molar-refractivity contribution < 1.29 is 29.0 Å². The highest BCUT2D eigenvalue weighted by atomic mass is 16.6. The van der Waals surface area contributed by atoms with Gasteiger partial charge in [0, 0.05) is 18.9 Å². The fourth-order valence-electron chi connectivity index (χ4n) is 4.14. The summed E-state index contributed by atoms with van der Waals surface area (Å²) in [6.07, 6.45) is 3.13. The zero-order valence-electron chi connectivity index (χ0n) is 11.3. The van der Waals surface area contributed by atoms with Crippen LogP contribution in [0.5, 0.6) is 0 Å². The monoisotopic (exact) mass is 290 g/mol. The van der Waals surface area contributed by atoms with Gasteiger partial charge in [-0.05, 0) is 24.8 Å². The summed E-state index contributed by atoms with van der Waals surface area (Å²) in [5, 5.41) is 9.36. The van der Waals surface area contributed by atoms with Gasteiger partial charge in [-0.1, -0.05) is 6.08 Å². The molecule has 0 spiro atoms. The SMILES string of the molecule is O=C1OC(=O)C2=C1C[C@]1(CCO)C(=O)O[C@H]3C1=CCC[C@H]23. The number of allylic oxidation sites excluding steroid dienone is 1. The highest BCUT2D eigenvalue weighted by molar-refractivity contribution is 6.13. The molecule has 1 N–H and O–H groups in total. The molecule has 0 saturated carbocycles. The summed E-state index contributed by atoms with van der Waals surface area (Å²) in [6.45, 7) is -0.185. The Morgan fingerprint density at radius 3 is 2.86 bits per heavy atom. The van der Waals surface area contributed by atoms with Crippen LogP contribution in [-0.2, 0) is 23.9 Å². The van der Waals surface area contributed by atoms with Crippen molar-refractivity contribution in [1.82, 2.24) is 0 Å². The van der Waals surface area contributed by atoms with Crippen LogP contribution in [0, 0.1) is 11.3 Å². The van der Waals surface area contributed by atoms with Gasteiger partial charge in [-0.2, -0.15) is 0 Å². The molecule has 0 radical (unpaired) electrons. The number of cyclic esters (lactones) is 2. The highest BCUT2D eigenvalue weighted by Gasteiger charge is 2.61. The Hall–Kier alpha value is -1.95. The molecule has 2 heterocycles. The van der Waals surface area contributed by atoms with E-state index in [-0.39, 0.29) is 25.4 Å². The molecule has 0 unspecified atom stereocenters. The normalized spacial score (nSPS) is 37.0. The molecule has 6 heteroatoms. The average Bonchev–Trinajstić information content (AvgIpc) is 2.84. The Balaban J connectivity index is 1.95.